The molecule has 1 aliphatic rings. The van der Waals surface area contributed by atoms with Gasteiger partial charge in [-0.05, 0) is 47.4 Å². The number of rotatable bonds is 5. The second-order valence-electron chi connectivity index (χ2n) is 8.04. The van der Waals surface area contributed by atoms with E-state index in [1.54, 1.807) is 48.5 Å². The largest absolute Gasteiger partial charge is 0.512 e. The zero-order valence-corrected chi connectivity index (χ0v) is 17.3. The van der Waals surface area contributed by atoms with Crippen LogP contribution in [0.15, 0.2) is 59.9 Å². The molecule has 146 valence electrons. The fourth-order valence-electron chi connectivity index (χ4n) is 3.72. The first kappa shape index (κ1) is 20.6. The van der Waals surface area contributed by atoms with Gasteiger partial charge in [-0.1, -0.05) is 49.2 Å². The van der Waals surface area contributed by atoms with E-state index in [0.717, 1.165) is 5.56 Å². The van der Waals surface area contributed by atoms with E-state index in [-0.39, 0.29) is 29.2 Å². The lowest BCUT2D eigenvalue weighted by Gasteiger charge is -2.32. The summed E-state index contributed by atoms with van der Waals surface area (Å²) in [6, 6.07) is 13.7. The monoisotopic (exact) mass is 416 g/mol. The van der Waals surface area contributed by atoms with Gasteiger partial charge in [-0.3, -0.25) is 9.59 Å². The molecule has 0 saturated carbocycles. The molecule has 5 heteroatoms. The first-order chi connectivity index (χ1) is 13.2. The molecule has 0 bridgehead atoms. The minimum absolute atomic E-state index is 0.0742. The van der Waals surface area contributed by atoms with Crippen molar-refractivity contribution in [3.8, 4) is 0 Å². The van der Waals surface area contributed by atoms with Gasteiger partial charge in [-0.15, -0.1) is 0 Å². The van der Waals surface area contributed by atoms with Gasteiger partial charge in [0.05, 0.1) is 0 Å². The van der Waals surface area contributed by atoms with Crippen molar-refractivity contribution in [1.29, 1.82) is 0 Å². The van der Waals surface area contributed by atoms with Crippen molar-refractivity contribution in [3.05, 3.63) is 81.0 Å². The van der Waals surface area contributed by atoms with Crippen LogP contribution in [-0.2, 0) is 4.79 Å². The number of hydrogen-bond acceptors (Lipinski definition) is 3. The van der Waals surface area contributed by atoms with Crippen LogP contribution in [0, 0.1) is 5.41 Å². The highest BCUT2D eigenvalue weighted by atomic mass is 35.5. The van der Waals surface area contributed by atoms with Gasteiger partial charge < -0.3 is 5.11 Å². The number of allylic oxidation sites excluding steroid dienone is 2. The van der Waals surface area contributed by atoms with E-state index in [1.165, 1.54) is 0 Å². The molecule has 0 amide bonds. The van der Waals surface area contributed by atoms with Gasteiger partial charge in [0.1, 0.15) is 5.76 Å². The summed E-state index contributed by atoms with van der Waals surface area (Å²) >= 11 is 11.9. The highest BCUT2D eigenvalue weighted by molar-refractivity contribution is 6.30. The van der Waals surface area contributed by atoms with Gasteiger partial charge >= 0.3 is 0 Å². The van der Waals surface area contributed by atoms with Crippen molar-refractivity contribution in [2.45, 2.75) is 39.0 Å². The average molecular weight is 417 g/mol. The summed E-state index contributed by atoms with van der Waals surface area (Å²) < 4.78 is 0. The Hall–Kier alpha value is -2.10. The standard InChI is InChI=1S/C23H22Cl2O3/c1-23(2)12-20(27)22(21(28)13-23)18(14-3-7-16(24)8-4-14)11-19(26)15-5-9-17(25)10-6-15/h3-10,18,27H,11-13H2,1-2H3. The fourth-order valence-corrected chi connectivity index (χ4v) is 3.97. The van der Waals surface area contributed by atoms with Gasteiger partial charge in [0.25, 0.3) is 0 Å². The van der Waals surface area contributed by atoms with Crippen molar-refractivity contribution in [2.24, 2.45) is 5.41 Å². The number of hydrogen-bond donors (Lipinski definition) is 1. The SMILES string of the molecule is CC1(C)CC(=O)C(C(CC(=O)c2ccc(Cl)cc2)c2ccc(Cl)cc2)=C(O)C1. The van der Waals surface area contributed by atoms with Crippen LogP contribution in [0.2, 0.25) is 10.0 Å². The lowest BCUT2D eigenvalue weighted by molar-refractivity contribution is -0.118. The summed E-state index contributed by atoms with van der Waals surface area (Å²) in [5.41, 5.74) is 1.34. The smallest absolute Gasteiger partial charge is 0.163 e. The minimum Gasteiger partial charge on any atom is -0.512 e. The predicted octanol–water partition coefficient (Wildman–Crippen LogP) is 6.55. The number of ketones is 2. The van der Waals surface area contributed by atoms with Gasteiger partial charge in [-0.2, -0.15) is 0 Å². The van der Waals surface area contributed by atoms with Crippen LogP contribution in [0.5, 0.6) is 0 Å². The van der Waals surface area contributed by atoms with Gasteiger partial charge in [-0.25, -0.2) is 0 Å². The topological polar surface area (TPSA) is 54.4 Å². The van der Waals surface area contributed by atoms with E-state index in [0.29, 0.717) is 34.0 Å². The van der Waals surface area contributed by atoms with Gasteiger partial charge in [0.2, 0.25) is 0 Å². The highest BCUT2D eigenvalue weighted by Gasteiger charge is 2.37. The van der Waals surface area contributed by atoms with E-state index >= 15 is 0 Å². The molecule has 2 aromatic rings. The van der Waals surface area contributed by atoms with E-state index in [4.69, 9.17) is 23.2 Å². The molecular formula is C23H22Cl2O3. The Bertz CT molecular complexity index is 925. The van der Waals surface area contributed by atoms with E-state index < -0.39 is 5.92 Å². The molecular weight excluding hydrogens is 395 g/mol. The molecule has 1 N–H and O–H groups in total. The summed E-state index contributed by atoms with van der Waals surface area (Å²) in [6.45, 7) is 3.90. The molecule has 0 heterocycles. The number of carbonyl (C=O) groups is 2. The number of aliphatic hydroxyl groups excluding tert-OH is 1. The number of benzene rings is 2. The van der Waals surface area contributed by atoms with Crippen molar-refractivity contribution < 1.29 is 14.7 Å². The zero-order valence-electron chi connectivity index (χ0n) is 15.8. The van der Waals surface area contributed by atoms with Gasteiger partial charge in [0.15, 0.2) is 11.6 Å². The Morgan fingerprint density at radius 1 is 1.00 bits per heavy atom. The second-order valence-corrected chi connectivity index (χ2v) is 8.91. The van der Waals surface area contributed by atoms with E-state index in [9.17, 15) is 14.7 Å². The number of Topliss-reactive ketones (excluding diaryl/α,β-unsaturated/α-hetero) is 2. The summed E-state index contributed by atoms with van der Waals surface area (Å²) in [7, 11) is 0. The van der Waals surface area contributed by atoms with Crippen LogP contribution in [-0.4, -0.2) is 16.7 Å². The number of aliphatic hydroxyl groups is 1. The molecule has 0 radical (unpaired) electrons. The average Bonchev–Trinajstić information content (AvgIpc) is 2.60. The summed E-state index contributed by atoms with van der Waals surface area (Å²) in [5.74, 6) is -0.679. The van der Waals surface area contributed by atoms with Crippen LogP contribution < -0.4 is 0 Å². The number of carbonyl (C=O) groups excluding carboxylic acids is 2. The Kier molecular flexibility index (Phi) is 5.97. The lowest BCUT2D eigenvalue weighted by atomic mass is 9.71. The molecule has 0 aliphatic heterocycles. The fraction of sp³-hybridized carbons (Fsp3) is 0.304. The molecule has 3 rings (SSSR count). The second kappa shape index (κ2) is 8.10. The van der Waals surface area contributed by atoms with E-state index in [2.05, 4.69) is 0 Å². The Morgan fingerprint density at radius 2 is 1.54 bits per heavy atom. The maximum atomic E-state index is 12.9. The first-order valence-electron chi connectivity index (χ1n) is 9.16. The summed E-state index contributed by atoms with van der Waals surface area (Å²) in [6.07, 6.45) is 0.827. The Balaban J connectivity index is 2.00. The highest BCUT2D eigenvalue weighted by Crippen LogP contribution is 2.42. The molecule has 1 unspecified atom stereocenters. The molecule has 0 spiro atoms. The predicted molar refractivity (Wildman–Crippen MR) is 112 cm³/mol. The quantitative estimate of drug-likeness (QED) is 0.561. The summed E-state index contributed by atoms with van der Waals surface area (Å²) in [5, 5.41) is 11.8. The molecule has 3 nitrogen and oxygen atoms in total. The maximum absolute atomic E-state index is 12.9. The van der Waals surface area contributed by atoms with Crippen LogP contribution in [0.25, 0.3) is 0 Å². The molecule has 0 aromatic heterocycles. The summed E-state index contributed by atoms with van der Waals surface area (Å²) in [4.78, 5) is 25.8. The maximum Gasteiger partial charge on any atom is 0.163 e. The lowest BCUT2D eigenvalue weighted by Crippen LogP contribution is -2.29. The van der Waals surface area contributed by atoms with Crippen LogP contribution in [0.1, 0.15) is 54.9 Å². The van der Waals surface area contributed by atoms with Crippen molar-refractivity contribution in [2.75, 3.05) is 0 Å². The van der Waals surface area contributed by atoms with Crippen molar-refractivity contribution in [1.82, 2.24) is 0 Å². The number of halogens is 2. The molecule has 0 saturated heterocycles. The van der Waals surface area contributed by atoms with Crippen LogP contribution in [0.3, 0.4) is 0 Å². The zero-order chi connectivity index (χ0) is 20.5. The van der Waals surface area contributed by atoms with Crippen molar-refractivity contribution >= 4 is 34.8 Å². The Labute approximate surface area is 175 Å². The normalized spacial score (nSPS) is 17.5. The van der Waals surface area contributed by atoms with Crippen molar-refractivity contribution in [3.63, 3.8) is 0 Å². The molecule has 1 atom stereocenters. The minimum atomic E-state index is -0.524. The van der Waals surface area contributed by atoms with Crippen LogP contribution >= 0.6 is 23.2 Å². The molecule has 0 fully saturated rings. The molecule has 1 aliphatic carbocycles. The third kappa shape index (κ3) is 4.65. The molecule has 28 heavy (non-hydrogen) atoms. The first-order valence-corrected chi connectivity index (χ1v) is 9.91. The third-order valence-electron chi connectivity index (χ3n) is 5.07. The third-order valence-corrected chi connectivity index (χ3v) is 5.58. The van der Waals surface area contributed by atoms with Crippen LogP contribution in [0.4, 0.5) is 0 Å². The van der Waals surface area contributed by atoms with Gasteiger partial charge in [0, 0.05) is 46.4 Å². The Morgan fingerprint density at radius 3 is 2.07 bits per heavy atom. The van der Waals surface area contributed by atoms with E-state index in [1.807, 2.05) is 13.8 Å². The molecule has 2 aromatic carbocycles.